The predicted octanol–water partition coefficient (Wildman–Crippen LogP) is 3.58. The molecule has 2 aromatic heterocycles. The lowest BCUT2D eigenvalue weighted by molar-refractivity contribution is -0.133. The van der Waals surface area contributed by atoms with Crippen molar-refractivity contribution in [3.05, 3.63) is 50.8 Å². The number of pyridine rings is 1. The van der Waals surface area contributed by atoms with E-state index in [-0.39, 0.29) is 24.1 Å². The Bertz CT molecular complexity index is 1070. The fraction of sp³-hybridized carbons (Fsp3) is 0.211. The molecule has 2 amide bonds. The highest BCUT2D eigenvalue weighted by Gasteiger charge is 2.30. The molecule has 1 unspecified atom stereocenters. The number of fused-ring (bicyclic) bond motifs is 1. The Kier molecular flexibility index (Phi) is 5.44. The number of hydrogen-bond donors (Lipinski definition) is 2. The van der Waals surface area contributed by atoms with Crippen LogP contribution in [0, 0.1) is 14.6 Å². The maximum Gasteiger partial charge on any atom is 0.232 e. The van der Waals surface area contributed by atoms with Gasteiger partial charge in [-0.25, -0.2) is 4.39 Å². The molecule has 144 valence electrons. The molecule has 0 radical (unpaired) electrons. The van der Waals surface area contributed by atoms with Gasteiger partial charge in [0, 0.05) is 25.4 Å². The standard InChI is InChI=1S/C19H15FIN3O3S/c20-12-7-10(9-24-19(26)11-3-5-23-18(11)25)1-2-14(12)27-15-4-6-22-13-8-16(21)28-17(13)15/h1-2,4,6-8,11H,3,5,9H2,(H,23,25)(H,24,26). The van der Waals surface area contributed by atoms with E-state index in [1.54, 1.807) is 18.3 Å². The van der Waals surface area contributed by atoms with Crippen LogP contribution in [0.3, 0.4) is 0 Å². The Morgan fingerprint density at radius 1 is 1.36 bits per heavy atom. The summed E-state index contributed by atoms with van der Waals surface area (Å²) in [5.74, 6) is -1.16. The molecule has 0 spiro atoms. The van der Waals surface area contributed by atoms with Crippen molar-refractivity contribution < 1.29 is 18.7 Å². The van der Waals surface area contributed by atoms with Gasteiger partial charge in [0.1, 0.15) is 11.7 Å². The molecule has 6 nitrogen and oxygen atoms in total. The van der Waals surface area contributed by atoms with Gasteiger partial charge in [-0.2, -0.15) is 0 Å². The highest BCUT2D eigenvalue weighted by Crippen LogP contribution is 2.36. The Balaban J connectivity index is 1.45. The normalized spacial score (nSPS) is 16.2. The van der Waals surface area contributed by atoms with Gasteiger partial charge in [0.15, 0.2) is 11.6 Å². The first kappa shape index (κ1) is 19.1. The van der Waals surface area contributed by atoms with Gasteiger partial charge in [-0.05, 0) is 52.8 Å². The van der Waals surface area contributed by atoms with Crippen LogP contribution in [0.2, 0.25) is 0 Å². The number of hydrogen-bond acceptors (Lipinski definition) is 5. The largest absolute Gasteiger partial charge is 0.453 e. The van der Waals surface area contributed by atoms with Crippen LogP contribution in [0.15, 0.2) is 36.5 Å². The van der Waals surface area contributed by atoms with Crippen molar-refractivity contribution >= 4 is 56.0 Å². The average molecular weight is 511 g/mol. The molecule has 0 aliphatic carbocycles. The third kappa shape index (κ3) is 3.95. The zero-order valence-electron chi connectivity index (χ0n) is 14.5. The molecule has 9 heteroatoms. The van der Waals surface area contributed by atoms with E-state index in [4.69, 9.17) is 4.74 Å². The lowest BCUT2D eigenvalue weighted by atomic mass is 10.1. The minimum atomic E-state index is -0.671. The second-order valence-corrected chi connectivity index (χ2v) is 9.24. The summed E-state index contributed by atoms with van der Waals surface area (Å²) in [4.78, 5) is 27.9. The highest BCUT2D eigenvalue weighted by atomic mass is 127. The summed E-state index contributed by atoms with van der Waals surface area (Å²) in [6, 6.07) is 8.18. The number of carbonyl (C=O) groups is 2. The summed E-state index contributed by atoms with van der Waals surface area (Å²) in [5, 5.41) is 5.30. The van der Waals surface area contributed by atoms with Gasteiger partial charge in [-0.1, -0.05) is 6.07 Å². The molecule has 0 saturated carbocycles. The smallest absolute Gasteiger partial charge is 0.232 e. The summed E-state index contributed by atoms with van der Waals surface area (Å²) in [6.45, 7) is 0.644. The molecular formula is C19H15FIN3O3S. The number of halogens is 2. The van der Waals surface area contributed by atoms with Gasteiger partial charge in [-0.3, -0.25) is 14.6 Å². The molecule has 4 rings (SSSR count). The quantitative estimate of drug-likeness (QED) is 0.406. The second-order valence-electron chi connectivity index (χ2n) is 6.29. The minimum absolute atomic E-state index is 0.0983. The lowest BCUT2D eigenvalue weighted by Crippen LogP contribution is -2.34. The lowest BCUT2D eigenvalue weighted by Gasteiger charge is -2.11. The molecule has 2 N–H and O–H groups in total. The van der Waals surface area contributed by atoms with Crippen molar-refractivity contribution in [2.24, 2.45) is 5.92 Å². The van der Waals surface area contributed by atoms with Crippen molar-refractivity contribution in [2.45, 2.75) is 13.0 Å². The third-order valence-corrected chi connectivity index (χ3v) is 6.29. The molecule has 3 heterocycles. The van der Waals surface area contributed by atoms with Crippen LogP contribution >= 0.6 is 33.9 Å². The van der Waals surface area contributed by atoms with Crippen LogP contribution in [-0.4, -0.2) is 23.3 Å². The monoisotopic (exact) mass is 511 g/mol. The van der Waals surface area contributed by atoms with Gasteiger partial charge in [0.2, 0.25) is 11.8 Å². The fourth-order valence-electron chi connectivity index (χ4n) is 2.98. The Hall–Kier alpha value is -2.27. The van der Waals surface area contributed by atoms with Gasteiger partial charge < -0.3 is 15.4 Å². The number of amides is 2. The van der Waals surface area contributed by atoms with E-state index in [1.165, 1.54) is 23.5 Å². The van der Waals surface area contributed by atoms with E-state index in [2.05, 4.69) is 38.2 Å². The summed E-state index contributed by atoms with van der Waals surface area (Å²) in [5.41, 5.74) is 1.39. The fourth-order valence-corrected chi connectivity index (χ4v) is 4.73. The predicted molar refractivity (Wildman–Crippen MR) is 112 cm³/mol. The summed E-state index contributed by atoms with van der Waals surface area (Å²) in [7, 11) is 0. The number of nitrogens with one attached hydrogen (secondary N) is 2. The summed E-state index contributed by atoms with van der Waals surface area (Å²) >= 11 is 3.74. The molecular weight excluding hydrogens is 496 g/mol. The Morgan fingerprint density at radius 3 is 2.96 bits per heavy atom. The topological polar surface area (TPSA) is 80.3 Å². The number of aromatic nitrogens is 1. The van der Waals surface area contributed by atoms with Crippen molar-refractivity contribution in [3.8, 4) is 11.5 Å². The molecule has 1 aliphatic rings. The third-order valence-electron chi connectivity index (χ3n) is 4.39. The molecule has 0 bridgehead atoms. The van der Waals surface area contributed by atoms with Gasteiger partial charge in [0.05, 0.1) is 13.1 Å². The molecule has 1 atom stereocenters. The minimum Gasteiger partial charge on any atom is -0.453 e. The highest BCUT2D eigenvalue weighted by molar-refractivity contribution is 14.1. The second kappa shape index (κ2) is 8.00. The van der Waals surface area contributed by atoms with Crippen molar-refractivity contribution in [1.29, 1.82) is 0 Å². The van der Waals surface area contributed by atoms with E-state index in [0.717, 1.165) is 13.1 Å². The number of carbonyl (C=O) groups excluding carboxylic acids is 2. The number of ether oxygens (including phenoxy) is 1. The van der Waals surface area contributed by atoms with Crippen LogP contribution in [0.25, 0.3) is 10.2 Å². The van der Waals surface area contributed by atoms with Crippen LogP contribution in [0.5, 0.6) is 11.5 Å². The first-order valence-electron chi connectivity index (χ1n) is 8.57. The molecule has 1 aliphatic heterocycles. The SMILES string of the molecule is O=C1NCCC1C(=O)NCc1ccc(Oc2ccnc3cc(I)sc23)c(F)c1. The van der Waals surface area contributed by atoms with E-state index < -0.39 is 11.7 Å². The Morgan fingerprint density at radius 2 is 2.21 bits per heavy atom. The zero-order valence-corrected chi connectivity index (χ0v) is 17.5. The molecule has 1 saturated heterocycles. The molecule has 28 heavy (non-hydrogen) atoms. The molecule has 3 aromatic rings. The number of thiophene rings is 1. The van der Waals surface area contributed by atoms with Crippen LogP contribution in [0.1, 0.15) is 12.0 Å². The first-order valence-corrected chi connectivity index (χ1v) is 10.5. The molecule has 1 fully saturated rings. The maximum atomic E-state index is 14.5. The molecule has 1 aromatic carbocycles. The van der Waals surface area contributed by atoms with Crippen molar-refractivity contribution in [2.75, 3.05) is 6.54 Å². The van der Waals surface area contributed by atoms with E-state index in [0.29, 0.717) is 24.3 Å². The van der Waals surface area contributed by atoms with Gasteiger partial charge >= 0.3 is 0 Å². The average Bonchev–Trinajstić information content (AvgIpc) is 3.27. The van der Waals surface area contributed by atoms with E-state index >= 15 is 0 Å². The number of rotatable bonds is 5. The first-order chi connectivity index (χ1) is 13.5. The summed E-state index contributed by atoms with van der Waals surface area (Å²) in [6.07, 6.45) is 2.11. The zero-order chi connectivity index (χ0) is 19.7. The summed E-state index contributed by atoms with van der Waals surface area (Å²) < 4.78 is 22.2. The van der Waals surface area contributed by atoms with Gasteiger partial charge in [0.25, 0.3) is 0 Å². The van der Waals surface area contributed by atoms with Gasteiger partial charge in [-0.15, -0.1) is 11.3 Å². The maximum absolute atomic E-state index is 14.5. The van der Waals surface area contributed by atoms with E-state index in [9.17, 15) is 14.0 Å². The number of nitrogens with zero attached hydrogens (tertiary/aromatic N) is 1. The van der Waals surface area contributed by atoms with E-state index in [1.807, 2.05) is 6.07 Å². The van der Waals surface area contributed by atoms with Crippen LogP contribution in [0.4, 0.5) is 4.39 Å². The Labute approximate surface area is 177 Å². The number of benzene rings is 1. The van der Waals surface area contributed by atoms with Crippen LogP contribution < -0.4 is 15.4 Å². The van der Waals surface area contributed by atoms with Crippen LogP contribution in [-0.2, 0) is 16.1 Å². The van der Waals surface area contributed by atoms with Crippen molar-refractivity contribution in [1.82, 2.24) is 15.6 Å². The van der Waals surface area contributed by atoms with Crippen molar-refractivity contribution in [3.63, 3.8) is 0 Å².